The van der Waals surface area contributed by atoms with E-state index in [2.05, 4.69) is 14.8 Å². The van der Waals surface area contributed by atoms with Gasteiger partial charge in [0.2, 0.25) is 10.0 Å². The quantitative estimate of drug-likeness (QED) is 0.260. The monoisotopic (exact) mass is 580 g/mol. The highest BCUT2D eigenvalue weighted by Crippen LogP contribution is 2.21. The van der Waals surface area contributed by atoms with Gasteiger partial charge < -0.3 is 10.1 Å². The maximum Gasteiger partial charge on any atom is 0.323 e. The molecule has 1 aromatic carbocycles. The van der Waals surface area contributed by atoms with Crippen LogP contribution in [0.2, 0.25) is 0 Å². The van der Waals surface area contributed by atoms with Gasteiger partial charge in [-0.2, -0.15) is 4.72 Å². The van der Waals surface area contributed by atoms with Crippen LogP contribution >= 0.6 is 11.3 Å². The standard InChI is InChI=1S/C21H28N2O9S4/c1-4-17(21(25)32-2)23-36(30,31)16-8-5-7-15(13-16)14-35(28,29)12-6-11-22-20(24)18-9-10-19(33-18)34(3,26)27/h5,7-10,13,17,23H,4,6,11-12,14H2,1-3H3,(H,22,24)/t17-/m0/s1. The molecule has 11 nitrogen and oxygen atoms in total. The minimum Gasteiger partial charge on any atom is -0.468 e. The number of ether oxygens (including phenoxy) is 1. The van der Waals surface area contributed by atoms with E-state index < -0.39 is 53.4 Å². The number of carbonyl (C=O) groups excluding carboxylic acids is 2. The molecule has 0 aliphatic heterocycles. The minimum atomic E-state index is -4.10. The number of hydrogen-bond acceptors (Lipinski definition) is 10. The van der Waals surface area contributed by atoms with Crippen LogP contribution < -0.4 is 10.0 Å². The van der Waals surface area contributed by atoms with E-state index in [0.717, 1.165) is 24.7 Å². The Morgan fingerprint density at radius 2 is 1.75 bits per heavy atom. The number of methoxy groups -OCH3 is 1. The first-order chi connectivity index (χ1) is 16.7. The molecule has 200 valence electrons. The van der Waals surface area contributed by atoms with Gasteiger partial charge in [-0.1, -0.05) is 19.1 Å². The topological polar surface area (TPSA) is 170 Å². The molecule has 0 bridgehead atoms. The Hall–Kier alpha value is -2.33. The first kappa shape index (κ1) is 29.9. The normalized spacial score (nSPS) is 13.2. The van der Waals surface area contributed by atoms with E-state index in [1.165, 1.54) is 36.4 Å². The van der Waals surface area contributed by atoms with Gasteiger partial charge in [0.25, 0.3) is 5.91 Å². The number of hydrogen-bond donors (Lipinski definition) is 2. The lowest BCUT2D eigenvalue weighted by molar-refractivity contribution is -0.142. The number of thiophene rings is 1. The van der Waals surface area contributed by atoms with Gasteiger partial charge in [-0.25, -0.2) is 25.3 Å². The van der Waals surface area contributed by atoms with Gasteiger partial charge in [-0.15, -0.1) is 11.3 Å². The van der Waals surface area contributed by atoms with Gasteiger partial charge in [0.1, 0.15) is 10.3 Å². The lowest BCUT2D eigenvalue weighted by Crippen LogP contribution is -2.40. The molecule has 0 fully saturated rings. The zero-order valence-corrected chi connectivity index (χ0v) is 23.2. The molecule has 0 saturated heterocycles. The molecule has 2 rings (SSSR count). The predicted molar refractivity (Wildman–Crippen MR) is 135 cm³/mol. The molecule has 0 aliphatic rings. The van der Waals surface area contributed by atoms with E-state index in [4.69, 9.17) is 0 Å². The SMILES string of the molecule is CC[C@H](NS(=O)(=O)c1cccc(CS(=O)(=O)CCCNC(=O)c2ccc(S(C)(=O)=O)s2)c1)C(=O)OC. The summed E-state index contributed by atoms with van der Waals surface area (Å²) < 4.78 is 80.3. The Bertz CT molecular complexity index is 1410. The first-order valence-electron chi connectivity index (χ1n) is 10.7. The summed E-state index contributed by atoms with van der Waals surface area (Å²) in [5.41, 5.74) is 0.250. The molecule has 2 N–H and O–H groups in total. The van der Waals surface area contributed by atoms with Crippen molar-refractivity contribution in [3.8, 4) is 0 Å². The first-order valence-corrected chi connectivity index (χ1v) is 16.7. The minimum absolute atomic E-state index is 0.0500. The van der Waals surface area contributed by atoms with Crippen molar-refractivity contribution in [1.29, 1.82) is 0 Å². The Labute approximate surface area is 215 Å². The summed E-state index contributed by atoms with van der Waals surface area (Å²) in [4.78, 5) is 23.9. The maximum absolute atomic E-state index is 12.6. The van der Waals surface area contributed by atoms with Crippen molar-refractivity contribution in [3.63, 3.8) is 0 Å². The van der Waals surface area contributed by atoms with Crippen LogP contribution in [0.4, 0.5) is 0 Å². The molecule has 1 heterocycles. The van der Waals surface area contributed by atoms with Gasteiger partial charge in [-0.05, 0) is 42.7 Å². The smallest absolute Gasteiger partial charge is 0.323 e. The number of sulfonamides is 1. The van der Waals surface area contributed by atoms with E-state index >= 15 is 0 Å². The summed E-state index contributed by atoms with van der Waals surface area (Å²) in [7, 11) is -10.0. The average Bonchev–Trinajstić information content (AvgIpc) is 3.31. The van der Waals surface area contributed by atoms with Crippen molar-refractivity contribution in [2.24, 2.45) is 0 Å². The van der Waals surface area contributed by atoms with E-state index in [1.54, 1.807) is 6.92 Å². The summed E-state index contributed by atoms with van der Waals surface area (Å²) in [5.74, 6) is -1.92. The molecule has 2 aromatic rings. The Balaban J connectivity index is 1.95. The fourth-order valence-corrected chi connectivity index (χ4v) is 7.64. The highest BCUT2D eigenvalue weighted by Gasteiger charge is 2.25. The molecule has 1 amide bonds. The summed E-state index contributed by atoms with van der Waals surface area (Å²) in [6, 6.07) is 7.04. The van der Waals surface area contributed by atoms with Crippen molar-refractivity contribution < 1.29 is 39.6 Å². The summed E-state index contributed by atoms with van der Waals surface area (Å²) >= 11 is 0.826. The number of esters is 1. The molecule has 1 aromatic heterocycles. The fraction of sp³-hybridized carbons (Fsp3) is 0.429. The third kappa shape index (κ3) is 8.65. The zero-order chi connectivity index (χ0) is 27.1. The van der Waals surface area contributed by atoms with Crippen molar-refractivity contribution in [3.05, 3.63) is 46.8 Å². The van der Waals surface area contributed by atoms with Crippen LogP contribution in [0.3, 0.4) is 0 Å². The van der Waals surface area contributed by atoms with Crippen molar-refractivity contribution >= 4 is 52.9 Å². The lowest BCUT2D eigenvalue weighted by Gasteiger charge is -2.15. The molecule has 36 heavy (non-hydrogen) atoms. The van der Waals surface area contributed by atoms with Crippen molar-refractivity contribution in [1.82, 2.24) is 10.0 Å². The average molecular weight is 581 g/mol. The van der Waals surface area contributed by atoms with Crippen LogP contribution in [0.5, 0.6) is 0 Å². The maximum atomic E-state index is 12.6. The van der Waals surface area contributed by atoms with E-state index in [9.17, 15) is 34.8 Å². The molecular weight excluding hydrogens is 553 g/mol. The number of nitrogens with one attached hydrogen (secondary N) is 2. The largest absolute Gasteiger partial charge is 0.468 e. The van der Waals surface area contributed by atoms with Crippen LogP contribution in [-0.4, -0.2) is 68.8 Å². The van der Waals surface area contributed by atoms with Crippen molar-refractivity contribution in [2.75, 3.05) is 25.7 Å². The number of benzene rings is 1. The molecule has 1 atom stereocenters. The second-order valence-electron chi connectivity index (χ2n) is 7.85. The van der Waals surface area contributed by atoms with Crippen LogP contribution in [0.15, 0.2) is 45.5 Å². The molecule has 0 unspecified atom stereocenters. The van der Waals surface area contributed by atoms with Crippen molar-refractivity contribution in [2.45, 2.75) is 40.7 Å². The molecular formula is C21H28N2O9S4. The van der Waals surface area contributed by atoms with E-state index in [0.29, 0.717) is 0 Å². The van der Waals surface area contributed by atoms with Gasteiger partial charge in [0, 0.05) is 12.8 Å². The highest BCUT2D eigenvalue weighted by molar-refractivity contribution is 7.92. The molecule has 0 spiro atoms. The summed E-state index contributed by atoms with van der Waals surface area (Å²) in [5, 5.41) is 2.55. The molecule has 15 heteroatoms. The molecule has 0 aliphatic carbocycles. The van der Waals surface area contributed by atoms with E-state index in [-0.39, 0.29) is 44.7 Å². The number of rotatable bonds is 13. The van der Waals surface area contributed by atoms with Gasteiger partial charge in [0.15, 0.2) is 19.7 Å². The van der Waals surface area contributed by atoms with Crippen LogP contribution in [-0.2, 0) is 45.0 Å². The number of sulfone groups is 2. The lowest BCUT2D eigenvalue weighted by atomic mass is 10.2. The zero-order valence-electron chi connectivity index (χ0n) is 19.9. The Kier molecular flexibility index (Phi) is 10.2. The van der Waals surface area contributed by atoms with E-state index in [1.807, 2.05) is 0 Å². The molecule has 0 radical (unpaired) electrons. The second kappa shape index (κ2) is 12.3. The number of carbonyl (C=O) groups is 2. The third-order valence-corrected chi connectivity index (χ3v) is 10.9. The Morgan fingerprint density at radius 3 is 2.33 bits per heavy atom. The van der Waals surface area contributed by atoms with Gasteiger partial charge >= 0.3 is 5.97 Å². The highest BCUT2D eigenvalue weighted by atomic mass is 32.2. The Morgan fingerprint density at radius 1 is 1.06 bits per heavy atom. The third-order valence-electron chi connectivity index (χ3n) is 4.87. The van der Waals surface area contributed by atoms with Crippen LogP contribution in [0.25, 0.3) is 0 Å². The van der Waals surface area contributed by atoms with Crippen LogP contribution in [0, 0.1) is 0 Å². The second-order valence-corrected chi connectivity index (χ2v) is 15.1. The molecule has 0 saturated carbocycles. The summed E-state index contributed by atoms with van der Waals surface area (Å²) in [6.45, 7) is 1.66. The van der Waals surface area contributed by atoms with Crippen LogP contribution in [0.1, 0.15) is 35.0 Å². The predicted octanol–water partition coefficient (Wildman–Crippen LogP) is 1.12. The van der Waals surface area contributed by atoms with Gasteiger partial charge in [-0.3, -0.25) is 9.59 Å². The number of amides is 1. The summed E-state index contributed by atoms with van der Waals surface area (Å²) in [6.07, 6.45) is 1.31. The fourth-order valence-electron chi connectivity index (χ4n) is 3.05. The van der Waals surface area contributed by atoms with Gasteiger partial charge in [0.05, 0.1) is 28.4 Å².